The van der Waals surface area contributed by atoms with Gasteiger partial charge in [-0.25, -0.2) is 13.6 Å². The zero-order valence-corrected chi connectivity index (χ0v) is 7.44. The number of aromatic nitrogens is 1. The average Bonchev–Trinajstić information content (AvgIpc) is 2.50. The van der Waals surface area contributed by atoms with Crippen molar-refractivity contribution in [1.29, 1.82) is 0 Å². The van der Waals surface area contributed by atoms with E-state index < -0.39 is 23.2 Å². The molecule has 1 N–H and O–H groups in total. The van der Waals surface area contributed by atoms with Crippen LogP contribution < -0.4 is 0 Å². The first kappa shape index (κ1) is 9.01. The lowest BCUT2D eigenvalue weighted by molar-refractivity contribution is 0.0687. The zero-order valence-electron chi connectivity index (χ0n) is 6.62. The van der Waals surface area contributed by atoms with Gasteiger partial charge in [0.25, 0.3) is 0 Å². The van der Waals surface area contributed by atoms with Gasteiger partial charge in [0.15, 0.2) is 5.82 Å². The van der Waals surface area contributed by atoms with E-state index in [1.54, 1.807) is 0 Å². The van der Waals surface area contributed by atoms with Gasteiger partial charge in [-0.3, -0.25) is 0 Å². The predicted octanol–water partition coefficient (Wildman–Crippen LogP) is 2.27. The number of nitrogens with zero attached hydrogens (tertiary/aromatic N) is 1. The highest BCUT2D eigenvalue weighted by molar-refractivity contribution is 7.13. The van der Waals surface area contributed by atoms with E-state index in [0.717, 1.165) is 17.6 Å². The molecule has 2 rings (SSSR count). The Morgan fingerprint density at radius 3 is 2.86 bits per heavy atom. The molecule has 0 aliphatic heterocycles. The van der Waals surface area contributed by atoms with E-state index in [1.807, 2.05) is 0 Å². The van der Waals surface area contributed by atoms with Crippen molar-refractivity contribution < 1.29 is 18.7 Å². The molecule has 1 aromatic heterocycles. The van der Waals surface area contributed by atoms with Crippen LogP contribution in [-0.4, -0.2) is 15.4 Å². The van der Waals surface area contributed by atoms with Crippen molar-refractivity contribution in [2.24, 2.45) is 0 Å². The zero-order chi connectivity index (χ0) is 10.3. The number of hydrogen-bond donors (Lipinski definition) is 1. The molecular weight excluding hydrogens is 212 g/mol. The molecule has 2 aromatic rings. The highest BCUT2D eigenvalue weighted by Crippen LogP contribution is 2.26. The van der Waals surface area contributed by atoms with Gasteiger partial charge < -0.3 is 5.11 Å². The lowest BCUT2D eigenvalue weighted by atomic mass is 10.1. The molecule has 0 amide bonds. The fraction of sp³-hybridized carbons (Fsp3) is 0. The third kappa shape index (κ3) is 1.15. The molecule has 0 aliphatic carbocycles. The molecule has 0 spiro atoms. The minimum absolute atomic E-state index is 0.0359. The molecule has 1 aromatic carbocycles. The highest BCUT2D eigenvalue weighted by Gasteiger charge is 2.20. The molecule has 3 nitrogen and oxygen atoms in total. The summed E-state index contributed by atoms with van der Waals surface area (Å²) < 4.78 is 30.4. The number of aromatic carboxylic acids is 1. The maximum atomic E-state index is 13.4. The monoisotopic (exact) mass is 215 g/mol. The van der Waals surface area contributed by atoms with E-state index in [-0.39, 0.29) is 5.39 Å². The molecule has 0 atom stereocenters. The van der Waals surface area contributed by atoms with Gasteiger partial charge in [-0.1, -0.05) is 0 Å². The van der Waals surface area contributed by atoms with Gasteiger partial charge in [-0.15, -0.1) is 0 Å². The van der Waals surface area contributed by atoms with Crippen molar-refractivity contribution >= 4 is 27.6 Å². The Labute approximate surface area is 80.8 Å². The van der Waals surface area contributed by atoms with E-state index in [0.29, 0.717) is 4.70 Å². The first-order chi connectivity index (χ1) is 6.61. The molecule has 0 bridgehead atoms. The maximum Gasteiger partial charge on any atom is 0.341 e. The van der Waals surface area contributed by atoms with Crippen molar-refractivity contribution in [3.8, 4) is 0 Å². The number of hydrogen-bond acceptors (Lipinski definition) is 3. The topological polar surface area (TPSA) is 50.2 Å². The van der Waals surface area contributed by atoms with Gasteiger partial charge >= 0.3 is 5.97 Å². The van der Waals surface area contributed by atoms with E-state index >= 15 is 0 Å². The van der Waals surface area contributed by atoms with E-state index in [1.165, 1.54) is 6.20 Å². The fourth-order valence-electron chi connectivity index (χ4n) is 1.14. The Morgan fingerprint density at radius 2 is 2.21 bits per heavy atom. The number of rotatable bonds is 1. The van der Waals surface area contributed by atoms with Gasteiger partial charge in [-0.2, -0.15) is 4.37 Å². The summed E-state index contributed by atoms with van der Waals surface area (Å²) in [6.07, 6.45) is 1.18. The lowest BCUT2D eigenvalue weighted by Crippen LogP contribution is -2.04. The first-order valence-electron chi connectivity index (χ1n) is 3.57. The molecule has 0 fully saturated rings. The third-order valence-electron chi connectivity index (χ3n) is 1.76. The van der Waals surface area contributed by atoms with Gasteiger partial charge in [0.05, 0.1) is 10.9 Å². The SMILES string of the molecule is O=C(O)c1c(F)cc2sncc2c1F. The van der Waals surface area contributed by atoms with Crippen molar-refractivity contribution in [1.82, 2.24) is 4.37 Å². The molecule has 1 heterocycles. The van der Waals surface area contributed by atoms with Crippen LogP contribution in [0.15, 0.2) is 12.3 Å². The number of benzene rings is 1. The largest absolute Gasteiger partial charge is 0.477 e. The lowest BCUT2D eigenvalue weighted by Gasteiger charge is -1.99. The Hall–Kier alpha value is -1.56. The number of halogens is 2. The van der Waals surface area contributed by atoms with Crippen LogP contribution in [0.25, 0.3) is 10.1 Å². The fourth-order valence-corrected chi connectivity index (χ4v) is 1.81. The summed E-state index contributed by atoms with van der Waals surface area (Å²) in [6.45, 7) is 0. The second-order valence-corrected chi connectivity index (χ2v) is 3.42. The molecule has 14 heavy (non-hydrogen) atoms. The Morgan fingerprint density at radius 1 is 1.50 bits per heavy atom. The molecule has 0 radical (unpaired) electrons. The van der Waals surface area contributed by atoms with Crippen molar-refractivity contribution in [2.45, 2.75) is 0 Å². The Kier molecular flexibility index (Phi) is 1.92. The van der Waals surface area contributed by atoms with E-state index in [4.69, 9.17) is 5.11 Å². The molecule has 0 unspecified atom stereocenters. The van der Waals surface area contributed by atoms with Crippen LogP contribution in [-0.2, 0) is 0 Å². The number of carboxylic acids is 1. The van der Waals surface area contributed by atoms with Gasteiger partial charge in [-0.05, 0) is 17.6 Å². The van der Waals surface area contributed by atoms with Gasteiger partial charge in [0, 0.05) is 5.39 Å². The predicted molar refractivity (Wildman–Crippen MR) is 46.5 cm³/mol. The van der Waals surface area contributed by atoms with Crippen LogP contribution in [0.1, 0.15) is 10.4 Å². The molecule has 0 saturated carbocycles. The van der Waals surface area contributed by atoms with Crippen molar-refractivity contribution in [3.63, 3.8) is 0 Å². The van der Waals surface area contributed by atoms with Crippen LogP contribution in [0.4, 0.5) is 8.78 Å². The van der Waals surface area contributed by atoms with E-state index in [9.17, 15) is 13.6 Å². The van der Waals surface area contributed by atoms with Crippen LogP contribution in [0.2, 0.25) is 0 Å². The maximum absolute atomic E-state index is 13.4. The van der Waals surface area contributed by atoms with Gasteiger partial charge in [0.1, 0.15) is 11.4 Å². The van der Waals surface area contributed by atoms with Crippen LogP contribution in [0.5, 0.6) is 0 Å². The molecule has 0 aliphatic rings. The van der Waals surface area contributed by atoms with Gasteiger partial charge in [0.2, 0.25) is 0 Å². The summed E-state index contributed by atoms with van der Waals surface area (Å²) in [5, 5.41) is 8.58. The first-order valence-corrected chi connectivity index (χ1v) is 4.34. The number of carbonyl (C=O) groups is 1. The van der Waals surface area contributed by atoms with Crippen LogP contribution in [0.3, 0.4) is 0 Å². The minimum atomic E-state index is -1.62. The molecule has 0 saturated heterocycles. The van der Waals surface area contributed by atoms with Crippen molar-refractivity contribution in [3.05, 3.63) is 29.5 Å². The normalized spacial score (nSPS) is 10.7. The number of carboxylic acid groups (broad SMARTS) is 1. The summed E-state index contributed by atoms with van der Waals surface area (Å²) in [7, 11) is 0. The summed E-state index contributed by atoms with van der Waals surface area (Å²) >= 11 is 0.913. The average molecular weight is 215 g/mol. The Balaban J connectivity index is 2.89. The third-order valence-corrected chi connectivity index (χ3v) is 2.51. The van der Waals surface area contributed by atoms with Crippen molar-refractivity contribution in [2.75, 3.05) is 0 Å². The van der Waals surface area contributed by atoms with Crippen LogP contribution >= 0.6 is 11.5 Å². The second kappa shape index (κ2) is 2.98. The minimum Gasteiger partial charge on any atom is -0.477 e. The van der Waals surface area contributed by atoms with E-state index in [2.05, 4.69) is 4.37 Å². The Bertz CT molecular complexity index is 523. The van der Waals surface area contributed by atoms with Crippen LogP contribution in [0, 0.1) is 11.6 Å². The number of fused-ring (bicyclic) bond motifs is 1. The molecule has 6 heteroatoms. The smallest absolute Gasteiger partial charge is 0.341 e. The second-order valence-electron chi connectivity index (χ2n) is 2.59. The molecule has 72 valence electrons. The summed E-state index contributed by atoms with van der Waals surface area (Å²) in [5.74, 6) is -3.76. The highest BCUT2D eigenvalue weighted by atomic mass is 32.1. The summed E-state index contributed by atoms with van der Waals surface area (Å²) in [6, 6.07) is 0.972. The summed E-state index contributed by atoms with van der Waals surface area (Å²) in [4.78, 5) is 10.5. The summed E-state index contributed by atoms with van der Waals surface area (Å²) in [5.41, 5.74) is -0.933. The standard InChI is InChI=1S/C8H3F2NO2S/c9-4-1-5-3(2-11-14-5)7(10)6(4)8(12)13/h1-2H,(H,12,13). The quantitative estimate of drug-likeness (QED) is 0.793. The molecular formula is C8H3F2NO2S.